The Bertz CT molecular complexity index is 869. The van der Waals surface area contributed by atoms with E-state index in [0.717, 1.165) is 4.88 Å². The van der Waals surface area contributed by atoms with Gasteiger partial charge in [-0.15, -0.1) is 11.3 Å². The fraction of sp³-hybridized carbons (Fsp3) is 0.333. The maximum atomic E-state index is 12.6. The third kappa shape index (κ3) is 3.60. The topological polar surface area (TPSA) is 90.8 Å². The van der Waals surface area contributed by atoms with Crippen molar-refractivity contribution in [2.24, 2.45) is 0 Å². The summed E-state index contributed by atoms with van der Waals surface area (Å²) in [4.78, 5) is 45.4. The monoisotopic (exact) mass is 373 g/mol. The van der Waals surface area contributed by atoms with Gasteiger partial charge in [-0.3, -0.25) is 9.59 Å². The molecule has 0 bridgehead atoms. The third-order valence-corrected chi connectivity index (χ3v) is 5.33. The Morgan fingerprint density at radius 3 is 2.08 bits per heavy atom. The van der Waals surface area contributed by atoms with Crippen LogP contribution < -0.4 is 0 Å². The molecule has 1 N–H and O–H groups in total. The van der Waals surface area contributed by atoms with Crippen LogP contribution in [0.15, 0.2) is 24.3 Å². The molecule has 2 amide bonds. The summed E-state index contributed by atoms with van der Waals surface area (Å²) in [5.41, 5.74) is 0.620. The Hall–Kier alpha value is -2.74. The minimum atomic E-state index is -1.06. The van der Waals surface area contributed by atoms with Gasteiger partial charge in [0.2, 0.25) is 0 Å². The fourth-order valence-corrected chi connectivity index (χ4v) is 3.72. The molecule has 0 radical (unpaired) electrons. The molecule has 26 heavy (non-hydrogen) atoms. The molecule has 0 unspecified atom stereocenters. The van der Waals surface area contributed by atoms with Gasteiger partial charge in [0.15, 0.2) is 0 Å². The molecule has 1 saturated heterocycles. The second kappa shape index (κ2) is 7.25. The molecule has 7 nitrogen and oxygen atoms in total. The smallest absolute Gasteiger partial charge is 0.337 e. The molecule has 0 atom stereocenters. The van der Waals surface area contributed by atoms with E-state index in [0.29, 0.717) is 36.8 Å². The number of piperazine rings is 1. The van der Waals surface area contributed by atoms with E-state index in [-0.39, 0.29) is 23.1 Å². The number of aryl methyl sites for hydroxylation is 2. The number of pyridine rings is 1. The highest BCUT2D eigenvalue weighted by atomic mass is 32.1. The van der Waals surface area contributed by atoms with Gasteiger partial charge in [-0.1, -0.05) is 0 Å². The lowest BCUT2D eigenvalue weighted by Crippen LogP contribution is -2.50. The lowest BCUT2D eigenvalue weighted by Gasteiger charge is -2.34. The second-order valence-corrected chi connectivity index (χ2v) is 7.42. The van der Waals surface area contributed by atoms with Crippen molar-refractivity contribution < 1.29 is 19.5 Å². The number of hydrogen-bond acceptors (Lipinski definition) is 5. The highest BCUT2D eigenvalue weighted by Gasteiger charge is 2.27. The summed E-state index contributed by atoms with van der Waals surface area (Å²) in [6.45, 7) is 5.32. The van der Waals surface area contributed by atoms with Gasteiger partial charge < -0.3 is 14.9 Å². The average Bonchev–Trinajstić information content (AvgIpc) is 3.06. The number of amides is 2. The Balaban J connectivity index is 1.64. The van der Waals surface area contributed by atoms with Gasteiger partial charge in [0, 0.05) is 31.1 Å². The summed E-state index contributed by atoms with van der Waals surface area (Å²) in [6.07, 6.45) is 0. The first-order valence-electron chi connectivity index (χ1n) is 8.22. The van der Waals surface area contributed by atoms with E-state index < -0.39 is 5.97 Å². The van der Waals surface area contributed by atoms with E-state index in [1.165, 1.54) is 23.5 Å². The summed E-state index contributed by atoms with van der Waals surface area (Å²) < 4.78 is 0. The number of aromatic nitrogens is 1. The number of hydrogen-bond donors (Lipinski definition) is 1. The molecule has 0 spiro atoms. The largest absolute Gasteiger partial charge is 0.478 e. The third-order valence-electron chi connectivity index (χ3n) is 4.34. The van der Waals surface area contributed by atoms with E-state index in [4.69, 9.17) is 5.11 Å². The van der Waals surface area contributed by atoms with Crippen LogP contribution in [-0.4, -0.2) is 63.9 Å². The fourth-order valence-electron chi connectivity index (χ4n) is 2.89. The Labute approximate surface area is 154 Å². The quantitative estimate of drug-likeness (QED) is 0.889. The van der Waals surface area contributed by atoms with E-state index in [1.807, 2.05) is 19.1 Å². The molecular formula is C18H19N3O4S. The van der Waals surface area contributed by atoms with Gasteiger partial charge in [-0.05, 0) is 38.1 Å². The van der Waals surface area contributed by atoms with Crippen molar-refractivity contribution in [2.45, 2.75) is 13.8 Å². The normalized spacial score (nSPS) is 14.4. The van der Waals surface area contributed by atoms with E-state index in [1.54, 1.807) is 16.7 Å². The average molecular weight is 373 g/mol. The van der Waals surface area contributed by atoms with Crippen LogP contribution >= 0.6 is 11.3 Å². The summed E-state index contributed by atoms with van der Waals surface area (Å²) in [7, 11) is 0. The van der Waals surface area contributed by atoms with E-state index in [2.05, 4.69) is 4.98 Å². The van der Waals surface area contributed by atoms with Crippen molar-refractivity contribution in [3.8, 4) is 0 Å². The predicted molar refractivity (Wildman–Crippen MR) is 96.8 cm³/mol. The van der Waals surface area contributed by atoms with Gasteiger partial charge in [-0.2, -0.15) is 0 Å². The van der Waals surface area contributed by atoms with Crippen LogP contribution in [0.4, 0.5) is 0 Å². The molecule has 1 fully saturated rings. The standard InChI is InChI=1S/C18H19N3O4S/c1-11-3-6-15(26-11)17(23)21-9-7-20(8-10-21)16(22)14-5-4-13(18(24)25)12(2)19-14/h3-6H,7-10H2,1-2H3,(H,24,25). The molecule has 2 aromatic heterocycles. The van der Waals surface area contributed by atoms with Crippen LogP contribution in [0.1, 0.15) is 41.1 Å². The van der Waals surface area contributed by atoms with Crippen molar-refractivity contribution in [3.05, 3.63) is 51.0 Å². The number of aromatic carboxylic acids is 1. The number of carboxylic acid groups (broad SMARTS) is 1. The zero-order valence-corrected chi connectivity index (χ0v) is 15.4. The van der Waals surface area contributed by atoms with Gasteiger partial charge in [0.1, 0.15) is 5.69 Å². The molecule has 1 aliphatic rings. The summed E-state index contributed by atoms with van der Waals surface area (Å²) in [6, 6.07) is 6.59. The minimum absolute atomic E-state index is 0.00465. The SMILES string of the molecule is Cc1ccc(C(=O)N2CCN(C(=O)c3ccc(C(=O)O)c(C)n3)CC2)s1. The van der Waals surface area contributed by atoms with Crippen molar-refractivity contribution in [1.29, 1.82) is 0 Å². The number of carboxylic acids is 1. The van der Waals surface area contributed by atoms with Crippen LogP contribution in [0.25, 0.3) is 0 Å². The summed E-state index contributed by atoms with van der Waals surface area (Å²) >= 11 is 1.47. The van der Waals surface area contributed by atoms with Crippen molar-refractivity contribution in [3.63, 3.8) is 0 Å². The summed E-state index contributed by atoms with van der Waals surface area (Å²) in [5, 5.41) is 9.05. The molecule has 3 heterocycles. The van der Waals surface area contributed by atoms with Crippen LogP contribution in [0.5, 0.6) is 0 Å². The molecule has 8 heteroatoms. The van der Waals surface area contributed by atoms with Crippen LogP contribution in [0, 0.1) is 13.8 Å². The van der Waals surface area contributed by atoms with E-state index in [9.17, 15) is 14.4 Å². The van der Waals surface area contributed by atoms with Crippen LogP contribution in [0.3, 0.4) is 0 Å². The van der Waals surface area contributed by atoms with Gasteiger partial charge in [0.25, 0.3) is 11.8 Å². The molecule has 0 aliphatic carbocycles. The molecular weight excluding hydrogens is 354 g/mol. The van der Waals surface area contributed by atoms with Crippen molar-refractivity contribution in [1.82, 2.24) is 14.8 Å². The Kier molecular flexibility index (Phi) is 5.03. The Morgan fingerprint density at radius 2 is 1.58 bits per heavy atom. The van der Waals surface area contributed by atoms with Crippen molar-refractivity contribution in [2.75, 3.05) is 26.2 Å². The molecule has 136 valence electrons. The maximum absolute atomic E-state index is 12.6. The zero-order valence-electron chi connectivity index (χ0n) is 14.6. The Morgan fingerprint density at radius 1 is 0.962 bits per heavy atom. The number of thiophene rings is 1. The van der Waals surface area contributed by atoms with E-state index >= 15 is 0 Å². The molecule has 1 aliphatic heterocycles. The molecule has 2 aromatic rings. The first-order chi connectivity index (χ1) is 12.4. The number of nitrogens with zero attached hydrogens (tertiary/aromatic N) is 3. The second-order valence-electron chi connectivity index (χ2n) is 6.13. The first-order valence-corrected chi connectivity index (χ1v) is 9.04. The number of rotatable bonds is 3. The lowest BCUT2D eigenvalue weighted by molar-refractivity contribution is 0.0534. The summed E-state index contributed by atoms with van der Waals surface area (Å²) in [5.74, 6) is -1.32. The molecule has 0 saturated carbocycles. The lowest BCUT2D eigenvalue weighted by atomic mass is 10.1. The number of carbonyl (C=O) groups excluding carboxylic acids is 2. The maximum Gasteiger partial charge on any atom is 0.337 e. The van der Waals surface area contributed by atoms with Crippen LogP contribution in [0.2, 0.25) is 0 Å². The first kappa shape index (κ1) is 18.1. The molecule has 0 aromatic carbocycles. The van der Waals surface area contributed by atoms with Crippen LogP contribution in [-0.2, 0) is 0 Å². The van der Waals surface area contributed by atoms with Gasteiger partial charge >= 0.3 is 5.97 Å². The van der Waals surface area contributed by atoms with Gasteiger partial charge in [-0.25, -0.2) is 9.78 Å². The predicted octanol–water partition coefficient (Wildman–Crippen LogP) is 2.06. The molecule has 3 rings (SSSR count). The highest BCUT2D eigenvalue weighted by Crippen LogP contribution is 2.18. The highest BCUT2D eigenvalue weighted by molar-refractivity contribution is 7.13. The van der Waals surface area contributed by atoms with Crippen molar-refractivity contribution >= 4 is 29.1 Å². The van der Waals surface area contributed by atoms with Gasteiger partial charge in [0.05, 0.1) is 16.1 Å². The zero-order chi connectivity index (χ0) is 18.8. The number of carbonyl (C=O) groups is 3. The minimum Gasteiger partial charge on any atom is -0.478 e.